The zero-order valence-corrected chi connectivity index (χ0v) is 19.3. The minimum Gasteiger partial charge on any atom is -0.508 e. The van der Waals surface area contributed by atoms with Crippen LogP contribution in [-0.4, -0.2) is 10.2 Å². The standard InChI is InChI=1S/C31H32O2/c1-21-19-27(15-17-30(21)32)24-11-7-22(8-12-24)23-9-13-25(14-10-23)28-16-18-31(33)29(20-28)26-5-3-2-4-6-26/h2-6,11,13,15-20,22-23,32-33H,7-10,12,14H2,1H3. The van der Waals surface area contributed by atoms with Gasteiger partial charge < -0.3 is 10.2 Å². The van der Waals surface area contributed by atoms with Gasteiger partial charge in [0.05, 0.1) is 0 Å². The normalized spacial score (nSPS) is 20.8. The molecule has 2 atom stereocenters. The van der Waals surface area contributed by atoms with E-state index in [0.717, 1.165) is 54.2 Å². The van der Waals surface area contributed by atoms with Crippen molar-refractivity contribution in [2.45, 2.75) is 45.4 Å². The maximum absolute atomic E-state index is 10.4. The first-order chi connectivity index (χ1) is 16.1. The van der Waals surface area contributed by atoms with Gasteiger partial charge >= 0.3 is 0 Å². The van der Waals surface area contributed by atoms with Crippen LogP contribution in [0.3, 0.4) is 0 Å². The summed E-state index contributed by atoms with van der Waals surface area (Å²) in [5.41, 5.74) is 8.25. The number of aromatic hydroxyl groups is 2. The highest BCUT2D eigenvalue weighted by molar-refractivity contribution is 5.77. The molecule has 168 valence electrons. The fraction of sp³-hybridized carbons (Fsp3) is 0.290. The predicted molar refractivity (Wildman–Crippen MR) is 137 cm³/mol. The van der Waals surface area contributed by atoms with E-state index < -0.39 is 0 Å². The predicted octanol–water partition coefficient (Wildman–Crippen LogP) is 8.14. The van der Waals surface area contributed by atoms with E-state index in [4.69, 9.17) is 0 Å². The zero-order chi connectivity index (χ0) is 22.8. The van der Waals surface area contributed by atoms with Crippen LogP contribution >= 0.6 is 0 Å². The molecule has 3 aromatic rings. The smallest absolute Gasteiger partial charge is 0.123 e. The maximum atomic E-state index is 10.4. The van der Waals surface area contributed by atoms with Crippen LogP contribution in [0.25, 0.3) is 22.3 Å². The SMILES string of the molecule is Cc1cc(C2=CCC(C3CC=C(c4ccc(O)c(-c5ccccc5)c4)CC3)CC2)ccc1O. The molecule has 0 saturated carbocycles. The average molecular weight is 437 g/mol. The van der Waals surface area contributed by atoms with Crippen molar-refractivity contribution in [2.75, 3.05) is 0 Å². The molecule has 0 spiro atoms. The second-order valence-electron chi connectivity index (χ2n) is 9.63. The lowest BCUT2D eigenvalue weighted by Crippen LogP contribution is -2.19. The first-order valence-electron chi connectivity index (χ1n) is 12.2. The molecule has 0 aliphatic heterocycles. The molecule has 2 aliphatic rings. The lowest BCUT2D eigenvalue weighted by molar-refractivity contribution is 0.292. The van der Waals surface area contributed by atoms with Crippen LogP contribution in [0, 0.1) is 18.8 Å². The summed E-state index contributed by atoms with van der Waals surface area (Å²) in [6, 6.07) is 22.1. The number of aryl methyl sites for hydroxylation is 1. The summed E-state index contributed by atoms with van der Waals surface area (Å²) < 4.78 is 0. The molecule has 2 aliphatic carbocycles. The van der Waals surface area contributed by atoms with E-state index in [2.05, 4.69) is 42.5 Å². The quantitative estimate of drug-likeness (QED) is 0.433. The van der Waals surface area contributed by atoms with Crippen LogP contribution in [0.1, 0.15) is 55.2 Å². The first-order valence-corrected chi connectivity index (χ1v) is 12.2. The van der Waals surface area contributed by atoms with E-state index in [-0.39, 0.29) is 0 Å². The number of rotatable bonds is 4. The molecule has 5 rings (SSSR count). The van der Waals surface area contributed by atoms with E-state index in [0.29, 0.717) is 11.5 Å². The number of hydrogen-bond donors (Lipinski definition) is 2. The third kappa shape index (κ3) is 4.61. The van der Waals surface area contributed by atoms with Crippen molar-refractivity contribution in [1.29, 1.82) is 0 Å². The van der Waals surface area contributed by atoms with Gasteiger partial charge in [0, 0.05) is 5.56 Å². The van der Waals surface area contributed by atoms with Gasteiger partial charge in [0.25, 0.3) is 0 Å². The Balaban J connectivity index is 1.26. The first kappa shape index (κ1) is 21.6. The van der Waals surface area contributed by atoms with Crippen LogP contribution in [0.5, 0.6) is 11.5 Å². The molecule has 2 nitrogen and oxygen atoms in total. The molecule has 0 amide bonds. The summed E-state index contributed by atoms with van der Waals surface area (Å²) >= 11 is 0. The van der Waals surface area contributed by atoms with Crippen LogP contribution in [0.4, 0.5) is 0 Å². The highest BCUT2D eigenvalue weighted by atomic mass is 16.3. The van der Waals surface area contributed by atoms with Crippen molar-refractivity contribution in [1.82, 2.24) is 0 Å². The summed E-state index contributed by atoms with van der Waals surface area (Å²) in [5.74, 6) is 2.22. The fourth-order valence-electron chi connectivity index (χ4n) is 5.53. The Labute approximate surface area is 196 Å². The maximum Gasteiger partial charge on any atom is 0.123 e. The molecule has 3 aromatic carbocycles. The van der Waals surface area contributed by atoms with Gasteiger partial charge in [-0.3, -0.25) is 0 Å². The van der Waals surface area contributed by atoms with Crippen LogP contribution in [-0.2, 0) is 0 Å². The van der Waals surface area contributed by atoms with Crippen molar-refractivity contribution in [2.24, 2.45) is 11.8 Å². The lowest BCUT2D eigenvalue weighted by atomic mass is 9.73. The Kier molecular flexibility index (Phi) is 6.09. The van der Waals surface area contributed by atoms with E-state index in [9.17, 15) is 10.2 Å². The average Bonchev–Trinajstić information content (AvgIpc) is 2.87. The second kappa shape index (κ2) is 9.31. The third-order valence-electron chi connectivity index (χ3n) is 7.59. The molecular weight excluding hydrogens is 404 g/mol. The number of benzene rings is 3. The Bertz CT molecular complexity index is 1200. The highest BCUT2D eigenvalue weighted by Gasteiger charge is 2.26. The van der Waals surface area contributed by atoms with Gasteiger partial charge in [-0.1, -0.05) is 54.6 Å². The second-order valence-corrected chi connectivity index (χ2v) is 9.63. The van der Waals surface area contributed by atoms with Crippen molar-refractivity contribution >= 4 is 11.1 Å². The molecule has 0 saturated heterocycles. The number of hydrogen-bond acceptors (Lipinski definition) is 2. The van der Waals surface area contributed by atoms with Crippen molar-refractivity contribution in [3.05, 3.63) is 95.6 Å². The summed E-state index contributed by atoms with van der Waals surface area (Å²) in [6.45, 7) is 1.97. The molecule has 33 heavy (non-hydrogen) atoms. The number of phenolic OH excluding ortho intramolecular Hbond substituents is 2. The molecule has 2 unspecified atom stereocenters. The van der Waals surface area contributed by atoms with Crippen LogP contribution in [0.2, 0.25) is 0 Å². The van der Waals surface area contributed by atoms with Crippen molar-refractivity contribution < 1.29 is 10.2 Å². The van der Waals surface area contributed by atoms with Crippen molar-refractivity contribution in [3.8, 4) is 22.6 Å². The highest BCUT2D eigenvalue weighted by Crippen LogP contribution is 2.42. The van der Waals surface area contributed by atoms with E-state index in [1.807, 2.05) is 43.3 Å². The summed E-state index contributed by atoms with van der Waals surface area (Å²) in [4.78, 5) is 0. The van der Waals surface area contributed by atoms with Gasteiger partial charge in [-0.15, -0.1) is 0 Å². The van der Waals surface area contributed by atoms with Gasteiger partial charge in [-0.2, -0.15) is 0 Å². The van der Waals surface area contributed by atoms with Gasteiger partial charge in [0.2, 0.25) is 0 Å². The Morgan fingerprint density at radius 1 is 0.636 bits per heavy atom. The molecule has 0 heterocycles. The molecule has 2 N–H and O–H groups in total. The molecular formula is C31H32O2. The largest absolute Gasteiger partial charge is 0.508 e. The molecule has 0 fully saturated rings. The Morgan fingerprint density at radius 2 is 1.21 bits per heavy atom. The van der Waals surface area contributed by atoms with Crippen molar-refractivity contribution in [3.63, 3.8) is 0 Å². The lowest BCUT2D eigenvalue weighted by Gasteiger charge is -2.32. The van der Waals surface area contributed by atoms with E-state index in [1.54, 1.807) is 0 Å². The van der Waals surface area contributed by atoms with E-state index in [1.165, 1.54) is 35.1 Å². The van der Waals surface area contributed by atoms with Crippen LogP contribution in [0.15, 0.2) is 78.9 Å². The topological polar surface area (TPSA) is 40.5 Å². The van der Waals surface area contributed by atoms with Gasteiger partial charge in [-0.05, 0) is 115 Å². The molecule has 0 bridgehead atoms. The van der Waals surface area contributed by atoms with Gasteiger partial charge in [0.15, 0.2) is 0 Å². The molecule has 0 aromatic heterocycles. The summed E-state index contributed by atoms with van der Waals surface area (Å²) in [5, 5.41) is 20.2. The van der Waals surface area contributed by atoms with Crippen LogP contribution < -0.4 is 0 Å². The minimum atomic E-state index is 0.341. The number of allylic oxidation sites excluding steroid dienone is 4. The third-order valence-corrected chi connectivity index (χ3v) is 7.59. The van der Waals surface area contributed by atoms with Gasteiger partial charge in [-0.25, -0.2) is 0 Å². The zero-order valence-electron chi connectivity index (χ0n) is 19.3. The molecule has 2 heteroatoms. The Morgan fingerprint density at radius 3 is 1.76 bits per heavy atom. The summed E-state index contributed by atoms with van der Waals surface area (Å²) in [6.07, 6.45) is 11.9. The molecule has 0 radical (unpaired) electrons. The van der Waals surface area contributed by atoms with E-state index >= 15 is 0 Å². The monoisotopic (exact) mass is 436 g/mol. The number of phenols is 2. The summed E-state index contributed by atoms with van der Waals surface area (Å²) in [7, 11) is 0. The van der Waals surface area contributed by atoms with Gasteiger partial charge in [0.1, 0.15) is 11.5 Å². The Hall–Kier alpha value is -3.26. The fourth-order valence-corrected chi connectivity index (χ4v) is 5.53. The minimum absolute atomic E-state index is 0.341.